The summed E-state index contributed by atoms with van der Waals surface area (Å²) in [7, 11) is 0. The fraction of sp³-hybridized carbons (Fsp3) is 0.560. The average Bonchev–Trinajstić information content (AvgIpc) is 3.48. The van der Waals surface area contributed by atoms with Crippen LogP contribution in [-0.2, 0) is 16.0 Å². The normalized spacial score (nSPS) is 21.2. The Morgan fingerprint density at radius 3 is 2.66 bits per heavy atom. The summed E-state index contributed by atoms with van der Waals surface area (Å²) in [5.74, 6) is 0.907. The van der Waals surface area contributed by atoms with Crippen LogP contribution in [-0.4, -0.2) is 52.6 Å². The first-order chi connectivity index (χ1) is 15.2. The number of hydrogen-bond donors (Lipinski definition) is 0. The van der Waals surface area contributed by atoms with Gasteiger partial charge in [-0.15, -0.1) is 0 Å². The molecule has 170 valence electrons. The number of fused-ring (bicyclic) bond motifs is 1. The number of amides is 2. The molecular weight excluding hydrogens is 406 g/mol. The highest BCUT2D eigenvalue weighted by Crippen LogP contribution is 2.29. The van der Waals surface area contributed by atoms with Crippen LogP contribution in [0.4, 0.5) is 4.79 Å². The highest BCUT2D eigenvalue weighted by Gasteiger charge is 2.41. The van der Waals surface area contributed by atoms with Crippen molar-refractivity contribution in [1.82, 2.24) is 9.80 Å². The molecule has 7 heteroatoms. The van der Waals surface area contributed by atoms with Gasteiger partial charge >= 0.3 is 6.09 Å². The van der Waals surface area contributed by atoms with E-state index in [2.05, 4.69) is 6.07 Å². The maximum absolute atomic E-state index is 13.4. The summed E-state index contributed by atoms with van der Waals surface area (Å²) in [6.07, 6.45) is 4.58. The minimum absolute atomic E-state index is 0.0409. The number of carbonyl (C=O) groups excluding carboxylic acids is 2. The van der Waals surface area contributed by atoms with Crippen LogP contribution in [0.1, 0.15) is 64.2 Å². The third-order valence-electron chi connectivity index (χ3n) is 6.25. The zero-order valence-corrected chi connectivity index (χ0v) is 19.1. The third-order valence-corrected chi connectivity index (χ3v) is 6.25. The molecule has 0 bridgehead atoms. The number of furan rings is 1. The molecule has 2 aliphatic rings. The van der Waals surface area contributed by atoms with Crippen molar-refractivity contribution < 1.29 is 18.7 Å². The van der Waals surface area contributed by atoms with E-state index in [1.807, 2.05) is 43.9 Å². The maximum atomic E-state index is 13.4. The van der Waals surface area contributed by atoms with Crippen molar-refractivity contribution in [3.05, 3.63) is 35.6 Å². The summed E-state index contributed by atoms with van der Waals surface area (Å²) in [6, 6.07) is 9.27. The largest absolute Gasteiger partial charge is 0.461 e. The zero-order chi connectivity index (χ0) is 22.9. The van der Waals surface area contributed by atoms with Gasteiger partial charge in [0.2, 0.25) is 5.91 Å². The number of nitrogens with zero attached hydrogens (tertiary/aromatic N) is 3. The van der Waals surface area contributed by atoms with Gasteiger partial charge in [0, 0.05) is 30.9 Å². The Labute approximate surface area is 188 Å². The van der Waals surface area contributed by atoms with Crippen LogP contribution in [0, 0.1) is 11.3 Å². The second-order valence-electron chi connectivity index (χ2n) is 9.78. The molecule has 7 nitrogen and oxygen atoms in total. The Kier molecular flexibility index (Phi) is 6.14. The second kappa shape index (κ2) is 8.85. The van der Waals surface area contributed by atoms with E-state index in [-0.39, 0.29) is 11.9 Å². The Morgan fingerprint density at radius 1 is 1.16 bits per heavy atom. The van der Waals surface area contributed by atoms with Crippen molar-refractivity contribution in [3.63, 3.8) is 0 Å². The van der Waals surface area contributed by atoms with Gasteiger partial charge in [-0.2, -0.15) is 5.26 Å². The second-order valence-corrected chi connectivity index (χ2v) is 9.78. The Bertz CT molecular complexity index is 1050. The van der Waals surface area contributed by atoms with E-state index in [1.165, 1.54) is 0 Å². The van der Waals surface area contributed by atoms with Gasteiger partial charge in [-0.05, 0) is 77.1 Å². The molecule has 0 saturated carbocycles. The van der Waals surface area contributed by atoms with Gasteiger partial charge in [-0.25, -0.2) is 4.79 Å². The van der Waals surface area contributed by atoms with E-state index in [4.69, 9.17) is 14.4 Å². The molecule has 2 atom stereocenters. The van der Waals surface area contributed by atoms with E-state index < -0.39 is 17.7 Å². The van der Waals surface area contributed by atoms with Crippen LogP contribution in [0.25, 0.3) is 11.0 Å². The van der Waals surface area contributed by atoms with Gasteiger partial charge in [0.1, 0.15) is 23.0 Å². The standard InChI is InChI=1S/C25H31N3O4/c1-25(2,3)32-24(30)28-13-5-7-21(28)23(29)27-12-4-6-19(27)9-10-20-15-18-14-17(16-26)8-11-22(18)31-20/h8,11,14-15,19,21H,4-7,9-10,12-13H2,1-3H3/t19-,21+/m0/s1. The average molecular weight is 438 g/mol. The predicted molar refractivity (Wildman–Crippen MR) is 120 cm³/mol. The summed E-state index contributed by atoms with van der Waals surface area (Å²) in [4.78, 5) is 29.6. The number of likely N-dealkylation sites (tertiary alicyclic amines) is 2. The predicted octanol–water partition coefficient (Wildman–Crippen LogP) is 4.63. The molecule has 1 aromatic heterocycles. The number of rotatable bonds is 4. The third kappa shape index (κ3) is 4.74. The minimum atomic E-state index is -0.579. The molecule has 1 aromatic carbocycles. The monoisotopic (exact) mass is 437 g/mol. The summed E-state index contributed by atoms with van der Waals surface area (Å²) in [6.45, 7) is 6.82. The summed E-state index contributed by atoms with van der Waals surface area (Å²) < 4.78 is 11.5. The maximum Gasteiger partial charge on any atom is 0.410 e. The fourth-order valence-electron chi connectivity index (χ4n) is 4.78. The molecule has 4 rings (SSSR count). The number of ether oxygens (including phenoxy) is 1. The Morgan fingerprint density at radius 2 is 1.91 bits per heavy atom. The van der Waals surface area contributed by atoms with Crippen LogP contribution in [0.3, 0.4) is 0 Å². The van der Waals surface area contributed by atoms with Gasteiger partial charge in [0.15, 0.2) is 0 Å². The van der Waals surface area contributed by atoms with Crippen molar-refractivity contribution in [3.8, 4) is 6.07 Å². The van der Waals surface area contributed by atoms with Gasteiger partial charge in [-0.1, -0.05) is 0 Å². The van der Waals surface area contributed by atoms with Crippen molar-refractivity contribution in [2.45, 2.75) is 77.0 Å². The number of benzene rings is 1. The van der Waals surface area contributed by atoms with Crippen molar-refractivity contribution in [2.24, 2.45) is 0 Å². The van der Waals surface area contributed by atoms with Crippen LogP contribution in [0.2, 0.25) is 0 Å². The van der Waals surface area contributed by atoms with E-state index in [0.717, 1.165) is 55.4 Å². The first-order valence-electron chi connectivity index (χ1n) is 11.5. The highest BCUT2D eigenvalue weighted by atomic mass is 16.6. The molecule has 0 N–H and O–H groups in total. The number of hydrogen-bond acceptors (Lipinski definition) is 5. The lowest BCUT2D eigenvalue weighted by molar-refractivity contribution is -0.136. The van der Waals surface area contributed by atoms with E-state index >= 15 is 0 Å². The van der Waals surface area contributed by atoms with Crippen LogP contribution >= 0.6 is 0 Å². The van der Waals surface area contributed by atoms with E-state index in [1.54, 1.807) is 11.0 Å². The minimum Gasteiger partial charge on any atom is -0.461 e. The first-order valence-corrected chi connectivity index (χ1v) is 11.5. The number of carbonyl (C=O) groups is 2. The molecule has 3 heterocycles. The lowest BCUT2D eigenvalue weighted by Gasteiger charge is -2.32. The molecule has 0 spiro atoms. The molecule has 2 aliphatic heterocycles. The summed E-state index contributed by atoms with van der Waals surface area (Å²) in [5, 5.41) is 10.0. The van der Waals surface area contributed by atoms with Gasteiger partial charge in [0.25, 0.3) is 0 Å². The van der Waals surface area contributed by atoms with Crippen molar-refractivity contribution in [1.29, 1.82) is 5.26 Å². The van der Waals surface area contributed by atoms with Gasteiger partial charge in [-0.3, -0.25) is 9.69 Å². The molecule has 2 aromatic rings. The molecule has 0 aliphatic carbocycles. The molecular formula is C25H31N3O4. The fourth-order valence-corrected chi connectivity index (χ4v) is 4.78. The number of nitriles is 1. The first kappa shape index (κ1) is 22.2. The Hall–Kier alpha value is -3.01. The van der Waals surface area contributed by atoms with Crippen molar-refractivity contribution >= 4 is 23.0 Å². The summed E-state index contributed by atoms with van der Waals surface area (Å²) in [5.41, 5.74) is 0.810. The zero-order valence-electron chi connectivity index (χ0n) is 19.1. The van der Waals surface area contributed by atoms with E-state index in [9.17, 15) is 9.59 Å². The van der Waals surface area contributed by atoms with Gasteiger partial charge < -0.3 is 14.1 Å². The lowest BCUT2D eigenvalue weighted by Crippen LogP contribution is -2.50. The topological polar surface area (TPSA) is 86.8 Å². The SMILES string of the molecule is CC(C)(C)OC(=O)N1CCC[C@@H]1C(=O)N1CCC[C@H]1CCc1cc2cc(C#N)ccc2o1. The highest BCUT2D eigenvalue weighted by molar-refractivity contribution is 5.87. The lowest BCUT2D eigenvalue weighted by atomic mass is 10.1. The molecule has 2 saturated heterocycles. The van der Waals surface area contributed by atoms with Gasteiger partial charge in [0.05, 0.1) is 11.6 Å². The Balaban J connectivity index is 1.40. The molecule has 0 unspecified atom stereocenters. The van der Waals surface area contributed by atoms with Crippen LogP contribution in [0.15, 0.2) is 28.7 Å². The molecule has 2 fully saturated rings. The van der Waals surface area contributed by atoms with Crippen LogP contribution < -0.4 is 0 Å². The summed E-state index contributed by atoms with van der Waals surface area (Å²) >= 11 is 0. The smallest absolute Gasteiger partial charge is 0.410 e. The van der Waals surface area contributed by atoms with Crippen LogP contribution in [0.5, 0.6) is 0 Å². The molecule has 32 heavy (non-hydrogen) atoms. The molecule has 0 radical (unpaired) electrons. The molecule has 2 amide bonds. The quantitative estimate of drug-likeness (QED) is 0.696. The van der Waals surface area contributed by atoms with Crippen molar-refractivity contribution in [2.75, 3.05) is 13.1 Å². The van der Waals surface area contributed by atoms with E-state index in [0.29, 0.717) is 18.5 Å². The number of aryl methyl sites for hydroxylation is 1.